The normalized spacial score (nSPS) is 14.0. The van der Waals surface area contributed by atoms with Gasteiger partial charge in [0.05, 0.1) is 19.1 Å². The molecule has 1 aliphatic rings. The molecule has 0 bridgehead atoms. The molecule has 0 unspecified atom stereocenters. The van der Waals surface area contributed by atoms with E-state index in [9.17, 15) is 13.2 Å². The Kier molecular flexibility index (Phi) is 6.14. The zero-order valence-corrected chi connectivity index (χ0v) is 17.9. The second kappa shape index (κ2) is 8.42. The van der Waals surface area contributed by atoms with Crippen LogP contribution in [0.25, 0.3) is 0 Å². The highest BCUT2D eigenvalue weighted by Crippen LogP contribution is 2.37. The Morgan fingerprint density at radius 2 is 1.86 bits per heavy atom. The number of nitrogens with zero attached hydrogens (tertiary/aromatic N) is 1. The molecular formula is C21H26N2O5S. The minimum absolute atomic E-state index is 0.0558. The van der Waals surface area contributed by atoms with E-state index in [-0.39, 0.29) is 23.4 Å². The summed E-state index contributed by atoms with van der Waals surface area (Å²) in [5.74, 6) is 0.991. The van der Waals surface area contributed by atoms with Crippen LogP contribution < -0.4 is 14.8 Å². The van der Waals surface area contributed by atoms with Crippen molar-refractivity contribution in [3.63, 3.8) is 0 Å². The fourth-order valence-electron chi connectivity index (χ4n) is 3.23. The maximum Gasteiger partial charge on any atom is 0.243 e. The molecule has 1 aliphatic carbocycles. The van der Waals surface area contributed by atoms with Crippen molar-refractivity contribution in [2.75, 3.05) is 19.5 Å². The van der Waals surface area contributed by atoms with Crippen molar-refractivity contribution in [1.29, 1.82) is 0 Å². The molecule has 0 saturated heterocycles. The van der Waals surface area contributed by atoms with Gasteiger partial charge in [0.25, 0.3) is 0 Å². The van der Waals surface area contributed by atoms with Gasteiger partial charge in [0, 0.05) is 30.8 Å². The quantitative estimate of drug-likeness (QED) is 0.711. The van der Waals surface area contributed by atoms with E-state index < -0.39 is 10.0 Å². The molecule has 0 atom stereocenters. The van der Waals surface area contributed by atoms with Crippen molar-refractivity contribution >= 4 is 21.6 Å². The van der Waals surface area contributed by atoms with Gasteiger partial charge in [0.15, 0.2) is 0 Å². The van der Waals surface area contributed by atoms with Crippen LogP contribution in [0.3, 0.4) is 0 Å². The first kappa shape index (κ1) is 21.1. The zero-order valence-electron chi connectivity index (χ0n) is 17.1. The third-order valence-corrected chi connectivity index (χ3v) is 6.90. The highest BCUT2D eigenvalue weighted by Gasteiger charge is 2.39. The number of sulfonamides is 1. The predicted molar refractivity (Wildman–Crippen MR) is 111 cm³/mol. The van der Waals surface area contributed by atoms with E-state index in [0.717, 1.165) is 18.4 Å². The first-order chi connectivity index (χ1) is 13.8. The van der Waals surface area contributed by atoms with Gasteiger partial charge in [-0.3, -0.25) is 4.79 Å². The Balaban J connectivity index is 2.01. The summed E-state index contributed by atoms with van der Waals surface area (Å²) in [6, 6.07) is 10.2. The van der Waals surface area contributed by atoms with E-state index in [1.54, 1.807) is 51.5 Å². The van der Waals surface area contributed by atoms with Crippen molar-refractivity contribution in [3.8, 4) is 11.5 Å². The van der Waals surface area contributed by atoms with Gasteiger partial charge in [-0.05, 0) is 55.7 Å². The van der Waals surface area contributed by atoms with Crippen LogP contribution in [-0.2, 0) is 21.4 Å². The highest BCUT2D eigenvalue weighted by atomic mass is 32.2. The minimum atomic E-state index is -3.78. The van der Waals surface area contributed by atoms with Crippen LogP contribution in [0.15, 0.2) is 41.3 Å². The molecule has 0 radical (unpaired) electrons. The second-order valence-corrected chi connectivity index (χ2v) is 8.98. The SMILES string of the molecule is COc1ccc(OC)c(CN(C2CC2)S(=O)(=O)c2cc(NC(C)=O)ccc2C)c1. The number of hydrogen-bond acceptors (Lipinski definition) is 5. The summed E-state index contributed by atoms with van der Waals surface area (Å²) in [6.45, 7) is 3.32. The van der Waals surface area contributed by atoms with Gasteiger partial charge in [0.1, 0.15) is 11.5 Å². The lowest BCUT2D eigenvalue weighted by molar-refractivity contribution is -0.114. The molecule has 7 nitrogen and oxygen atoms in total. The summed E-state index contributed by atoms with van der Waals surface area (Å²) < 4.78 is 39.4. The molecule has 0 aliphatic heterocycles. The molecular weight excluding hydrogens is 392 g/mol. The van der Waals surface area contributed by atoms with Crippen molar-refractivity contribution in [2.24, 2.45) is 0 Å². The molecule has 29 heavy (non-hydrogen) atoms. The molecule has 2 aromatic carbocycles. The number of rotatable bonds is 8. The van der Waals surface area contributed by atoms with Crippen molar-refractivity contribution < 1.29 is 22.7 Å². The average molecular weight is 419 g/mol. The van der Waals surface area contributed by atoms with E-state index in [1.807, 2.05) is 0 Å². The molecule has 156 valence electrons. The van der Waals surface area contributed by atoms with Gasteiger partial charge in [-0.15, -0.1) is 0 Å². The number of anilines is 1. The monoisotopic (exact) mass is 418 g/mol. The number of benzene rings is 2. The van der Waals surface area contributed by atoms with E-state index in [0.29, 0.717) is 22.7 Å². The summed E-state index contributed by atoms with van der Waals surface area (Å²) in [6.07, 6.45) is 1.63. The predicted octanol–water partition coefficient (Wildman–Crippen LogP) is 3.32. The van der Waals surface area contributed by atoms with Crippen molar-refractivity contribution in [2.45, 2.75) is 44.2 Å². The highest BCUT2D eigenvalue weighted by molar-refractivity contribution is 7.89. The summed E-state index contributed by atoms with van der Waals surface area (Å²) in [5.41, 5.74) is 1.82. The molecule has 2 aromatic rings. The lowest BCUT2D eigenvalue weighted by Crippen LogP contribution is -2.33. The van der Waals surface area contributed by atoms with Crippen LogP contribution >= 0.6 is 0 Å². The lowest BCUT2D eigenvalue weighted by Gasteiger charge is -2.24. The summed E-state index contributed by atoms with van der Waals surface area (Å²) in [4.78, 5) is 11.6. The number of nitrogens with one attached hydrogen (secondary N) is 1. The van der Waals surface area contributed by atoms with Crippen molar-refractivity contribution in [3.05, 3.63) is 47.5 Å². The number of aryl methyl sites for hydroxylation is 1. The average Bonchev–Trinajstić information content (AvgIpc) is 3.51. The molecule has 0 heterocycles. The number of hydrogen-bond donors (Lipinski definition) is 1. The van der Waals surface area contributed by atoms with Crippen LogP contribution in [0.1, 0.15) is 30.9 Å². The van der Waals surface area contributed by atoms with Gasteiger partial charge in [-0.25, -0.2) is 8.42 Å². The van der Waals surface area contributed by atoms with E-state index in [4.69, 9.17) is 9.47 Å². The smallest absolute Gasteiger partial charge is 0.243 e. The summed E-state index contributed by atoms with van der Waals surface area (Å²) >= 11 is 0. The molecule has 0 spiro atoms. The van der Waals surface area contributed by atoms with Crippen LogP contribution in [0.5, 0.6) is 11.5 Å². The third-order valence-electron chi connectivity index (χ3n) is 4.86. The van der Waals surface area contributed by atoms with Crippen LogP contribution in [0, 0.1) is 6.92 Å². The largest absolute Gasteiger partial charge is 0.497 e. The minimum Gasteiger partial charge on any atom is -0.497 e. The second-order valence-electron chi connectivity index (χ2n) is 7.12. The van der Waals surface area contributed by atoms with Gasteiger partial charge in [0.2, 0.25) is 15.9 Å². The first-order valence-electron chi connectivity index (χ1n) is 9.37. The van der Waals surface area contributed by atoms with E-state index >= 15 is 0 Å². The van der Waals surface area contributed by atoms with Gasteiger partial charge in [-0.1, -0.05) is 6.07 Å². The number of carbonyl (C=O) groups excluding carboxylic acids is 1. The molecule has 8 heteroatoms. The molecule has 3 rings (SSSR count). The van der Waals surface area contributed by atoms with E-state index in [2.05, 4.69) is 5.32 Å². The van der Waals surface area contributed by atoms with Crippen LogP contribution in [0.2, 0.25) is 0 Å². The number of amides is 1. The first-order valence-corrected chi connectivity index (χ1v) is 10.8. The van der Waals surface area contributed by atoms with Gasteiger partial charge >= 0.3 is 0 Å². The third kappa shape index (κ3) is 4.71. The molecule has 1 amide bonds. The number of carbonyl (C=O) groups is 1. The Morgan fingerprint density at radius 3 is 2.45 bits per heavy atom. The Hall–Kier alpha value is -2.58. The van der Waals surface area contributed by atoms with Gasteiger partial charge in [-0.2, -0.15) is 4.31 Å². The summed E-state index contributed by atoms with van der Waals surface area (Å²) in [5, 5.41) is 2.65. The van der Waals surface area contributed by atoms with E-state index in [1.165, 1.54) is 17.3 Å². The van der Waals surface area contributed by atoms with Gasteiger partial charge < -0.3 is 14.8 Å². The van der Waals surface area contributed by atoms with Crippen LogP contribution in [-0.4, -0.2) is 38.9 Å². The maximum atomic E-state index is 13.6. The number of methoxy groups -OCH3 is 2. The maximum absolute atomic E-state index is 13.6. The Labute approximate surface area is 171 Å². The fourth-order valence-corrected chi connectivity index (χ4v) is 5.15. The fraction of sp³-hybridized carbons (Fsp3) is 0.381. The summed E-state index contributed by atoms with van der Waals surface area (Å²) in [7, 11) is -0.659. The zero-order chi connectivity index (χ0) is 21.2. The van der Waals surface area contributed by atoms with Crippen LogP contribution in [0.4, 0.5) is 5.69 Å². The standard InChI is InChI=1S/C21H26N2O5S/c1-14-5-6-17(22-15(2)24)12-21(14)29(25,26)23(18-7-8-18)13-16-11-19(27-3)9-10-20(16)28-4/h5-6,9-12,18H,7-8,13H2,1-4H3,(H,22,24). The molecule has 0 aromatic heterocycles. The molecule has 1 saturated carbocycles. The topological polar surface area (TPSA) is 84.9 Å². The number of ether oxygens (including phenoxy) is 2. The Morgan fingerprint density at radius 1 is 1.14 bits per heavy atom. The van der Waals surface area contributed by atoms with Crippen molar-refractivity contribution in [1.82, 2.24) is 4.31 Å². The molecule has 1 fully saturated rings. The molecule has 1 N–H and O–H groups in total. The lowest BCUT2D eigenvalue weighted by atomic mass is 10.2. The Bertz CT molecular complexity index is 1020.